The Labute approximate surface area is 151 Å². The number of aryl methyl sites for hydroxylation is 1. The van der Waals surface area contributed by atoms with E-state index < -0.39 is 6.09 Å². The van der Waals surface area contributed by atoms with Gasteiger partial charge in [0.25, 0.3) is 0 Å². The fourth-order valence-corrected chi connectivity index (χ4v) is 2.39. The third-order valence-corrected chi connectivity index (χ3v) is 3.56. The summed E-state index contributed by atoms with van der Waals surface area (Å²) >= 11 is 0. The number of carbonyl (C=O) groups is 2. The molecular weight excluding hydrogens is 320 g/mol. The molecule has 1 heterocycles. The second-order valence-electron chi connectivity index (χ2n) is 5.92. The Morgan fingerprint density at radius 1 is 1.32 bits per heavy atom. The summed E-state index contributed by atoms with van der Waals surface area (Å²) in [6, 6.07) is 0. The van der Waals surface area contributed by atoms with E-state index >= 15 is 0 Å². The Morgan fingerprint density at radius 3 is 2.32 bits per heavy atom. The number of hydrogen-bond donors (Lipinski definition) is 3. The van der Waals surface area contributed by atoms with Gasteiger partial charge in [-0.15, -0.1) is 0 Å². The molecule has 0 saturated heterocycles. The number of H-pyrrole nitrogens is 1. The number of imidazole rings is 1. The number of rotatable bonds is 5. The summed E-state index contributed by atoms with van der Waals surface area (Å²) in [6.45, 7) is 10.1. The molecule has 0 aromatic carbocycles. The first-order valence-electron chi connectivity index (χ1n) is 9.08. The zero-order valence-corrected chi connectivity index (χ0v) is 16.5. The molecule has 0 aliphatic heterocycles. The molecule has 1 fully saturated rings. The standard InChI is InChI=1S/C13H20N4O3.C3H8.C2H6/c1-9-7-14-10(16-9)6-13(4-3-5-13)17-11(18)8-15-12(19)20-2;1-3-2;1-2/h7H,3-6,8H2,1-2H3,(H,14,16)(H,15,19)(H,17,18);3H2,1-2H3;1-2H3. The van der Waals surface area contributed by atoms with Crippen LogP contribution < -0.4 is 10.6 Å². The normalized spacial score (nSPS) is 13.8. The Hall–Kier alpha value is -2.05. The van der Waals surface area contributed by atoms with Gasteiger partial charge in [0, 0.05) is 23.9 Å². The highest BCUT2D eigenvalue weighted by atomic mass is 16.5. The Bertz CT molecular complexity index is 510. The molecule has 7 heteroatoms. The van der Waals surface area contributed by atoms with E-state index in [1.54, 1.807) is 6.20 Å². The summed E-state index contributed by atoms with van der Waals surface area (Å²) in [4.78, 5) is 30.2. The zero-order valence-electron chi connectivity index (χ0n) is 16.5. The molecule has 1 aromatic rings. The molecule has 0 unspecified atom stereocenters. The van der Waals surface area contributed by atoms with Gasteiger partial charge in [-0.25, -0.2) is 9.78 Å². The molecule has 1 aromatic heterocycles. The second-order valence-corrected chi connectivity index (χ2v) is 5.92. The lowest BCUT2D eigenvalue weighted by Gasteiger charge is -2.42. The summed E-state index contributed by atoms with van der Waals surface area (Å²) in [5.41, 5.74) is 0.771. The fourth-order valence-electron chi connectivity index (χ4n) is 2.39. The van der Waals surface area contributed by atoms with Crippen molar-refractivity contribution in [1.82, 2.24) is 20.6 Å². The molecule has 7 nitrogen and oxygen atoms in total. The third-order valence-electron chi connectivity index (χ3n) is 3.56. The third kappa shape index (κ3) is 8.56. The topological polar surface area (TPSA) is 96.1 Å². The molecule has 3 N–H and O–H groups in total. The largest absolute Gasteiger partial charge is 0.453 e. The first-order valence-corrected chi connectivity index (χ1v) is 9.08. The molecular formula is C18H34N4O3. The SMILES string of the molecule is CC.CCC.COC(=O)NCC(=O)NC1(Cc2ncc(C)[nH]2)CCC1. The van der Waals surface area contributed by atoms with Gasteiger partial charge in [-0.3, -0.25) is 4.79 Å². The van der Waals surface area contributed by atoms with Crippen LogP contribution in [-0.2, 0) is 16.0 Å². The molecule has 1 aliphatic carbocycles. The van der Waals surface area contributed by atoms with Crippen LogP contribution in [0.2, 0.25) is 0 Å². The monoisotopic (exact) mass is 354 g/mol. The lowest BCUT2D eigenvalue weighted by molar-refractivity contribution is -0.123. The minimum Gasteiger partial charge on any atom is -0.453 e. The first kappa shape index (κ1) is 22.9. The second kappa shape index (κ2) is 12.3. The predicted octanol–water partition coefficient (Wildman–Crippen LogP) is 3.10. The molecule has 1 aliphatic rings. The van der Waals surface area contributed by atoms with E-state index in [0.717, 1.165) is 30.8 Å². The van der Waals surface area contributed by atoms with E-state index in [1.165, 1.54) is 13.5 Å². The molecule has 144 valence electrons. The number of aromatic nitrogens is 2. The zero-order chi connectivity index (χ0) is 19.3. The van der Waals surface area contributed by atoms with Crippen LogP contribution in [0.4, 0.5) is 4.79 Å². The number of ether oxygens (including phenoxy) is 1. The van der Waals surface area contributed by atoms with Crippen LogP contribution in [0.1, 0.15) is 64.9 Å². The average Bonchev–Trinajstić information content (AvgIpc) is 2.98. The minimum absolute atomic E-state index is 0.0778. The van der Waals surface area contributed by atoms with Gasteiger partial charge in [-0.05, 0) is 26.2 Å². The van der Waals surface area contributed by atoms with Crippen LogP contribution in [0.5, 0.6) is 0 Å². The summed E-state index contributed by atoms with van der Waals surface area (Å²) in [5.74, 6) is 0.668. The van der Waals surface area contributed by atoms with E-state index in [-0.39, 0.29) is 18.0 Å². The van der Waals surface area contributed by atoms with E-state index in [4.69, 9.17) is 0 Å². The summed E-state index contributed by atoms with van der Waals surface area (Å²) in [7, 11) is 1.26. The number of nitrogens with zero attached hydrogens (tertiary/aromatic N) is 1. The number of hydrogen-bond acceptors (Lipinski definition) is 4. The average molecular weight is 354 g/mol. The number of carbonyl (C=O) groups excluding carboxylic acids is 2. The maximum atomic E-state index is 11.9. The number of methoxy groups -OCH3 is 1. The summed E-state index contributed by atoms with van der Waals surface area (Å²) < 4.78 is 4.42. The van der Waals surface area contributed by atoms with Crippen molar-refractivity contribution in [2.45, 2.75) is 72.3 Å². The molecule has 2 amide bonds. The maximum absolute atomic E-state index is 11.9. The quantitative estimate of drug-likeness (QED) is 0.757. The van der Waals surface area contributed by atoms with Crippen molar-refractivity contribution in [1.29, 1.82) is 0 Å². The van der Waals surface area contributed by atoms with Crippen LogP contribution >= 0.6 is 0 Å². The van der Waals surface area contributed by atoms with E-state index in [0.29, 0.717) is 6.42 Å². The van der Waals surface area contributed by atoms with Crippen LogP contribution in [0.15, 0.2) is 6.20 Å². The van der Waals surface area contributed by atoms with E-state index in [9.17, 15) is 9.59 Å². The Morgan fingerprint density at radius 2 is 1.92 bits per heavy atom. The van der Waals surface area contributed by atoms with Gasteiger partial charge in [-0.1, -0.05) is 34.1 Å². The smallest absolute Gasteiger partial charge is 0.407 e. The van der Waals surface area contributed by atoms with Gasteiger partial charge < -0.3 is 20.4 Å². The Kier molecular flexibility index (Phi) is 11.3. The Balaban J connectivity index is 0.00000104. The molecule has 0 bridgehead atoms. The molecule has 0 atom stereocenters. The number of nitrogens with one attached hydrogen (secondary N) is 3. The van der Waals surface area contributed by atoms with Crippen molar-refractivity contribution in [3.63, 3.8) is 0 Å². The van der Waals surface area contributed by atoms with E-state index in [1.807, 2.05) is 20.8 Å². The predicted molar refractivity (Wildman–Crippen MR) is 99.5 cm³/mol. The molecule has 25 heavy (non-hydrogen) atoms. The molecule has 0 spiro atoms. The van der Waals surface area contributed by atoms with Crippen LogP contribution in [0, 0.1) is 6.92 Å². The number of alkyl carbamates (subject to hydrolysis) is 1. The van der Waals surface area contributed by atoms with Gasteiger partial charge in [0.2, 0.25) is 5.91 Å². The fraction of sp³-hybridized carbons (Fsp3) is 0.722. The van der Waals surface area contributed by atoms with Crippen molar-refractivity contribution in [3.05, 3.63) is 17.7 Å². The van der Waals surface area contributed by atoms with Crippen molar-refractivity contribution in [3.8, 4) is 0 Å². The van der Waals surface area contributed by atoms with Crippen molar-refractivity contribution in [2.24, 2.45) is 0 Å². The maximum Gasteiger partial charge on any atom is 0.407 e. The minimum atomic E-state index is -0.607. The van der Waals surface area contributed by atoms with Crippen LogP contribution in [-0.4, -0.2) is 41.2 Å². The van der Waals surface area contributed by atoms with Gasteiger partial charge in [-0.2, -0.15) is 0 Å². The molecule has 0 radical (unpaired) electrons. The lowest BCUT2D eigenvalue weighted by atomic mass is 9.74. The number of amides is 2. The van der Waals surface area contributed by atoms with Crippen molar-refractivity contribution in [2.75, 3.05) is 13.7 Å². The first-order chi connectivity index (χ1) is 11.9. The van der Waals surface area contributed by atoms with Gasteiger partial charge >= 0.3 is 6.09 Å². The van der Waals surface area contributed by atoms with Crippen LogP contribution in [0.3, 0.4) is 0 Å². The van der Waals surface area contributed by atoms with Crippen molar-refractivity contribution < 1.29 is 14.3 Å². The highest BCUT2D eigenvalue weighted by Crippen LogP contribution is 2.34. The number of aromatic amines is 1. The van der Waals surface area contributed by atoms with Gasteiger partial charge in [0.1, 0.15) is 12.4 Å². The van der Waals surface area contributed by atoms with Crippen molar-refractivity contribution >= 4 is 12.0 Å². The highest BCUT2D eigenvalue weighted by Gasteiger charge is 2.39. The summed E-state index contributed by atoms with van der Waals surface area (Å²) in [6.07, 6.45) is 6.05. The van der Waals surface area contributed by atoms with Gasteiger partial charge in [0.15, 0.2) is 0 Å². The summed E-state index contributed by atoms with van der Waals surface area (Å²) in [5, 5.41) is 5.37. The van der Waals surface area contributed by atoms with E-state index in [2.05, 4.69) is 39.2 Å². The molecule has 2 rings (SSSR count). The van der Waals surface area contributed by atoms with Gasteiger partial charge in [0.05, 0.1) is 7.11 Å². The highest BCUT2D eigenvalue weighted by molar-refractivity contribution is 5.82. The lowest BCUT2D eigenvalue weighted by Crippen LogP contribution is -2.57. The van der Waals surface area contributed by atoms with Crippen LogP contribution in [0.25, 0.3) is 0 Å². The molecule has 1 saturated carbocycles.